The topological polar surface area (TPSA) is 41.5 Å². The fourth-order valence-electron chi connectivity index (χ4n) is 1.83. The standard InChI is InChI=1S/C10H21NO2/c1-8(11-9(2)7-12)6-10-4-3-5-13-10/h8-12H,3-7H2,1-2H3/t8?,9-,10?/m0/s1. The second-order valence-electron chi connectivity index (χ2n) is 4.02. The lowest BCUT2D eigenvalue weighted by molar-refractivity contribution is 0.0937. The van der Waals surface area contributed by atoms with E-state index in [2.05, 4.69) is 12.2 Å². The minimum atomic E-state index is 0.191. The fraction of sp³-hybridized carbons (Fsp3) is 1.00. The zero-order chi connectivity index (χ0) is 9.68. The normalized spacial score (nSPS) is 27.5. The highest BCUT2D eigenvalue weighted by Crippen LogP contribution is 2.16. The van der Waals surface area contributed by atoms with E-state index in [4.69, 9.17) is 9.84 Å². The summed E-state index contributed by atoms with van der Waals surface area (Å²) in [5.41, 5.74) is 0. The first-order valence-corrected chi connectivity index (χ1v) is 5.21. The van der Waals surface area contributed by atoms with Gasteiger partial charge in [0.25, 0.3) is 0 Å². The van der Waals surface area contributed by atoms with Gasteiger partial charge in [-0.2, -0.15) is 0 Å². The lowest BCUT2D eigenvalue weighted by Crippen LogP contribution is -2.38. The van der Waals surface area contributed by atoms with Crippen LogP contribution in [0.1, 0.15) is 33.1 Å². The van der Waals surface area contributed by atoms with Gasteiger partial charge in [0, 0.05) is 18.7 Å². The van der Waals surface area contributed by atoms with Gasteiger partial charge in [0.15, 0.2) is 0 Å². The van der Waals surface area contributed by atoms with Crippen molar-refractivity contribution in [2.24, 2.45) is 0 Å². The summed E-state index contributed by atoms with van der Waals surface area (Å²) in [6.07, 6.45) is 3.89. The highest BCUT2D eigenvalue weighted by molar-refractivity contribution is 4.73. The Hall–Kier alpha value is -0.120. The number of nitrogens with one attached hydrogen (secondary N) is 1. The predicted molar refractivity (Wildman–Crippen MR) is 52.7 cm³/mol. The molecule has 0 bridgehead atoms. The molecule has 13 heavy (non-hydrogen) atoms. The summed E-state index contributed by atoms with van der Waals surface area (Å²) in [6.45, 7) is 5.27. The van der Waals surface area contributed by atoms with Gasteiger partial charge in [0.1, 0.15) is 0 Å². The molecule has 3 nitrogen and oxygen atoms in total. The van der Waals surface area contributed by atoms with Gasteiger partial charge in [0.05, 0.1) is 12.7 Å². The lowest BCUT2D eigenvalue weighted by atomic mass is 10.1. The van der Waals surface area contributed by atoms with Crippen LogP contribution in [0.15, 0.2) is 0 Å². The van der Waals surface area contributed by atoms with Crippen molar-refractivity contribution < 1.29 is 9.84 Å². The summed E-state index contributed by atoms with van der Waals surface area (Å²) in [6, 6.07) is 0.627. The minimum Gasteiger partial charge on any atom is -0.395 e. The van der Waals surface area contributed by atoms with Gasteiger partial charge < -0.3 is 15.2 Å². The summed E-state index contributed by atoms with van der Waals surface area (Å²) < 4.78 is 5.54. The average Bonchev–Trinajstić information content (AvgIpc) is 2.56. The van der Waals surface area contributed by atoms with Crippen LogP contribution in [-0.2, 0) is 4.74 Å². The molecule has 0 amide bonds. The van der Waals surface area contributed by atoms with Crippen molar-refractivity contribution in [3.8, 4) is 0 Å². The van der Waals surface area contributed by atoms with Gasteiger partial charge >= 0.3 is 0 Å². The van der Waals surface area contributed by atoms with Crippen LogP contribution in [0.5, 0.6) is 0 Å². The Morgan fingerprint density at radius 1 is 1.46 bits per heavy atom. The van der Waals surface area contributed by atoms with E-state index in [1.165, 1.54) is 12.8 Å². The quantitative estimate of drug-likeness (QED) is 0.672. The molecule has 0 aromatic heterocycles. The molecule has 0 aromatic carbocycles. The molecule has 1 aliphatic rings. The number of aliphatic hydroxyl groups is 1. The molecule has 0 aromatic rings. The maximum Gasteiger partial charge on any atom is 0.0590 e. The highest BCUT2D eigenvalue weighted by Gasteiger charge is 2.18. The Labute approximate surface area is 80.5 Å². The van der Waals surface area contributed by atoms with Crippen LogP contribution in [0.4, 0.5) is 0 Å². The maximum absolute atomic E-state index is 8.85. The van der Waals surface area contributed by atoms with Gasteiger partial charge in [-0.25, -0.2) is 0 Å². The van der Waals surface area contributed by atoms with Crippen molar-refractivity contribution in [1.82, 2.24) is 5.32 Å². The van der Waals surface area contributed by atoms with Crippen LogP contribution < -0.4 is 5.32 Å². The monoisotopic (exact) mass is 187 g/mol. The van der Waals surface area contributed by atoms with Crippen LogP contribution >= 0.6 is 0 Å². The summed E-state index contributed by atoms with van der Waals surface area (Å²) >= 11 is 0. The van der Waals surface area contributed by atoms with E-state index in [9.17, 15) is 0 Å². The average molecular weight is 187 g/mol. The highest BCUT2D eigenvalue weighted by atomic mass is 16.5. The first-order valence-electron chi connectivity index (χ1n) is 5.21. The van der Waals surface area contributed by atoms with Crippen LogP contribution in [0.3, 0.4) is 0 Å². The molecule has 1 aliphatic heterocycles. The first kappa shape index (κ1) is 11.0. The Balaban J connectivity index is 2.12. The molecule has 1 heterocycles. The molecule has 0 radical (unpaired) electrons. The van der Waals surface area contributed by atoms with Crippen molar-refractivity contribution in [3.05, 3.63) is 0 Å². The van der Waals surface area contributed by atoms with Gasteiger partial charge in [0.2, 0.25) is 0 Å². The Morgan fingerprint density at radius 2 is 2.23 bits per heavy atom. The number of aliphatic hydroxyl groups excluding tert-OH is 1. The van der Waals surface area contributed by atoms with Gasteiger partial charge in [-0.15, -0.1) is 0 Å². The van der Waals surface area contributed by atoms with E-state index in [1.807, 2.05) is 6.92 Å². The third kappa shape index (κ3) is 4.07. The first-order chi connectivity index (χ1) is 6.22. The third-order valence-electron chi connectivity index (χ3n) is 2.48. The summed E-state index contributed by atoms with van der Waals surface area (Å²) in [4.78, 5) is 0. The zero-order valence-electron chi connectivity index (χ0n) is 8.62. The SMILES string of the molecule is CC(CC1CCCO1)N[C@@H](C)CO. The summed E-state index contributed by atoms with van der Waals surface area (Å²) in [5, 5.41) is 12.2. The predicted octanol–water partition coefficient (Wildman–Crippen LogP) is 0.914. The van der Waals surface area contributed by atoms with Gasteiger partial charge in [-0.1, -0.05) is 0 Å². The van der Waals surface area contributed by atoms with E-state index >= 15 is 0 Å². The van der Waals surface area contributed by atoms with E-state index in [-0.39, 0.29) is 12.6 Å². The molecule has 3 atom stereocenters. The molecule has 1 rings (SSSR count). The molecule has 78 valence electrons. The molecule has 3 heteroatoms. The lowest BCUT2D eigenvalue weighted by Gasteiger charge is -2.20. The Morgan fingerprint density at radius 3 is 2.77 bits per heavy atom. The van der Waals surface area contributed by atoms with Crippen LogP contribution in [-0.4, -0.2) is 36.5 Å². The molecule has 1 fully saturated rings. The van der Waals surface area contributed by atoms with Crippen molar-refractivity contribution in [3.63, 3.8) is 0 Å². The second kappa shape index (κ2) is 5.58. The number of hydrogen-bond acceptors (Lipinski definition) is 3. The molecule has 0 spiro atoms. The molecule has 2 N–H and O–H groups in total. The van der Waals surface area contributed by atoms with E-state index in [0.29, 0.717) is 12.1 Å². The van der Waals surface area contributed by atoms with Crippen LogP contribution in [0.2, 0.25) is 0 Å². The third-order valence-corrected chi connectivity index (χ3v) is 2.48. The molecule has 0 aliphatic carbocycles. The smallest absolute Gasteiger partial charge is 0.0590 e. The van der Waals surface area contributed by atoms with Crippen molar-refractivity contribution in [2.75, 3.05) is 13.2 Å². The summed E-state index contributed by atoms with van der Waals surface area (Å²) in [5.74, 6) is 0. The largest absolute Gasteiger partial charge is 0.395 e. The Bertz CT molecular complexity index is 135. The van der Waals surface area contributed by atoms with Crippen LogP contribution in [0.25, 0.3) is 0 Å². The Kier molecular flexibility index (Phi) is 4.70. The van der Waals surface area contributed by atoms with Crippen molar-refractivity contribution in [1.29, 1.82) is 0 Å². The second-order valence-corrected chi connectivity index (χ2v) is 4.02. The number of hydrogen-bond donors (Lipinski definition) is 2. The van der Waals surface area contributed by atoms with Crippen LogP contribution in [0, 0.1) is 0 Å². The maximum atomic E-state index is 8.85. The zero-order valence-corrected chi connectivity index (χ0v) is 8.62. The molecular formula is C10H21NO2. The van der Waals surface area contributed by atoms with Crippen molar-refractivity contribution in [2.45, 2.75) is 51.3 Å². The number of ether oxygens (including phenoxy) is 1. The van der Waals surface area contributed by atoms with E-state index in [0.717, 1.165) is 13.0 Å². The van der Waals surface area contributed by atoms with Crippen molar-refractivity contribution >= 4 is 0 Å². The summed E-state index contributed by atoms with van der Waals surface area (Å²) in [7, 11) is 0. The van der Waals surface area contributed by atoms with E-state index in [1.54, 1.807) is 0 Å². The molecule has 2 unspecified atom stereocenters. The number of rotatable bonds is 5. The van der Waals surface area contributed by atoms with E-state index < -0.39 is 0 Å². The minimum absolute atomic E-state index is 0.191. The molecule has 0 saturated carbocycles. The molecular weight excluding hydrogens is 166 g/mol. The van der Waals surface area contributed by atoms with Gasteiger partial charge in [-0.3, -0.25) is 0 Å². The van der Waals surface area contributed by atoms with Gasteiger partial charge in [-0.05, 0) is 33.1 Å². The molecule has 1 saturated heterocycles. The fourth-order valence-corrected chi connectivity index (χ4v) is 1.83.